The summed E-state index contributed by atoms with van der Waals surface area (Å²) < 4.78 is 11.7. The van der Waals surface area contributed by atoms with Gasteiger partial charge in [0.25, 0.3) is 17.7 Å². The second-order valence-electron chi connectivity index (χ2n) is 12.1. The van der Waals surface area contributed by atoms with Crippen LogP contribution in [0.2, 0.25) is 0 Å². The molecule has 0 bridgehead atoms. The first-order valence-corrected chi connectivity index (χ1v) is 16.6. The van der Waals surface area contributed by atoms with Gasteiger partial charge in [0, 0.05) is 36.6 Å². The number of hydrogen-bond donors (Lipinski definition) is 4. The van der Waals surface area contributed by atoms with Crippen molar-refractivity contribution in [3.63, 3.8) is 0 Å². The molecule has 262 valence electrons. The van der Waals surface area contributed by atoms with Crippen LogP contribution in [0, 0.1) is 0 Å². The average Bonchev–Trinajstić information content (AvgIpc) is 3.38. The number of amides is 5. The molecule has 3 aromatic carbocycles. The Kier molecular flexibility index (Phi) is 10.5. The Morgan fingerprint density at radius 3 is 2.43 bits per heavy atom. The van der Waals surface area contributed by atoms with Crippen LogP contribution in [0.4, 0.5) is 5.82 Å². The number of nitrogens with one attached hydrogen (secondary N) is 2. The highest BCUT2D eigenvalue weighted by atomic mass is 16.5. The number of piperidine rings is 1. The lowest BCUT2D eigenvalue weighted by molar-refractivity contribution is -0.136. The normalized spacial score (nSPS) is 15.4. The molecule has 1 saturated heterocycles. The third kappa shape index (κ3) is 7.80. The first kappa shape index (κ1) is 34.5. The summed E-state index contributed by atoms with van der Waals surface area (Å²) in [7, 11) is 0. The minimum absolute atomic E-state index is 0.0461. The zero-order valence-electron chi connectivity index (χ0n) is 27.6. The molecule has 2 aliphatic rings. The number of rotatable bonds is 14. The van der Waals surface area contributed by atoms with E-state index < -0.39 is 29.7 Å². The number of ether oxygens (including phenoxy) is 2. The summed E-state index contributed by atoms with van der Waals surface area (Å²) in [6.45, 7) is 1.07. The van der Waals surface area contributed by atoms with E-state index in [2.05, 4.69) is 20.8 Å². The first-order valence-electron chi connectivity index (χ1n) is 16.6. The maximum absolute atomic E-state index is 13.2. The van der Waals surface area contributed by atoms with Crippen molar-refractivity contribution in [1.82, 2.24) is 25.7 Å². The number of benzene rings is 3. The Bertz CT molecular complexity index is 1980. The fraction of sp³-hybridized carbons (Fsp3) is 0.270. The molecule has 5 amide bonds. The molecule has 0 saturated carbocycles. The van der Waals surface area contributed by atoms with E-state index in [0.717, 1.165) is 16.9 Å². The van der Waals surface area contributed by atoms with Gasteiger partial charge >= 0.3 is 0 Å². The van der Waals surface area contributed by atoms with E-state index >= 15 is 0 Å². The predicted octanol–water partition coefficient (Wildman–Crippen LogP) is 3.43. The molecule has 0 spiro atoms. The Balaban J connectivity index is 0.903. The molecule has 14 heteroatoms. The molecule has 1 unspecified atom stereocenters. The maximum atomic E-state index is 13.2. The van der Waals surface area contributed by atoms with E-state index in [1.165, 1.54) is 6.07 Å². The molecule has 0 aliphatic carbocycles. The second-order valence-corrected chi connectivity index (χ2v) is 12.1. The number of unbranched alkanes of at least 4 members (excludes halogenated alkanes) is 2. The number of imide groups is 2. The van der Waals surface area contributed by atoms with Crippen molar-refractivity contribution in [2.24, 2.45) is 0 Å². The maximum Gasteiger partial charge on any atom is 0.266 e. The fourth-order valence-corrected chi connectivity index (χ4v) is 5.92. The number of aromatic nitrogens is 2. The third-order valence-corrected chi connectivity index (χ3v) is 8.62. The van der Waals surface area contributed by atoms with Crippen LogP contribution >= 0.6 is 0 Å². The molecule has 0 radical (unpaired) electrons. The van der Waals surface area contributed by atoms with Crippen LogP contribution in [0.5, 0.6) is 17.2 Å². The number of carbonyl (C=O) groups excluding carboxylic acids is 5. The van der Waals surface area contributed by atoms with Gasteiger partial charge in [-0.3, -0.25) is 34.2 Å². The standard InChI is InChI=1S/C37H36N6O8/c38-33-30(21-26(41-42-33)24-7-2-3-9-28(24)44)51-20-17-22-11-13-23(14-12-22)34(46)39-18-4-1-5-19-50-29-10-6-8-25-32(29)37(49)43(36(25)48)27-15-16-31(45)40-35(27)47/h2-3,6-14,21,27,44H,1,4-5,15-20H2,(H2,38,42)(H,39,46)(H,40,45,47). The number of phenols is 1. The van der Waals surface area contributed by atoms with Crippen LogP contribution in [0.15, 0.2) is 72.8 Å². The van der Waals surface area contributed by atoms with E-state index in [1.54, 1.807) is 54.6 Å². The summed E-state index contributed by atoms with van der Waals surface area (Å²) in [4.78, 5) is 63.6. The van der Waals surface area contributed by atoms with Crippen molar-refractivity contribution >= 4 is 35.4 Å². The Morgan fingerprint density at radius 2 is 1.65 bits per heavy atom. The minimum atomic E-state index is -1.04. The van der Waals surface area contributed by atoms with Crippen molar-refractivity contribution in [3.8, 4) is 28.5 Å². The van der Waals surface area contributed by atoms with Crippen LogP contribution in [0.3, 0.4) is 0 Å². The van der Waals surface area contributed by atoms with Crippen molar-refractivity contribution in [2.75, 3.05) is 25.5 Å². The van der Waals surface area contributed by atoms with E-state index in [1.807, 2.05) is 12.1 Å². The van der Waals surface area contributed by atoms with Gasteiger partial charge in [0.2, 0.25) is 11.8 Å². The molecule has 2 aliphatic heterocycles. The van der Waals surface area contributed by atoms with Gasteiger partial charge in [-0.2, -0.15) is 0 Å². The van der Waals surface area contributed by atoms with Crippen LogP contribution in [0.1, 0.15) is 68.7 Å². The number of aromatic hydroxyl groups is 1. The minimum Gasteiger partial charge on any atom is -0.507 e. The molecule has 4 aromatic rings. The summed E-state index contributed by atoms with van der Waals surface area (Å²) in [5, 5.41) is 23.2. The summed E-state index contributed by atoms with van der Waals surface area (Å²) in [5.74, 6) is -1.64. The molecule has 1 aromatic heterocycles. The van der Waals surface area contributed by atoms with Crippen LogP contribution in [-0.2, 0) is 16.0 Å². The number of hydrogen-bond acceptors (Lipinski definition) is 11. The highest BCUT2D eigenvalue weighted by Gasteiger charge is 2.46. The molecule has 1 atom stereocenters. The average molecular weight is 693 g/mol. The summed E-state index contributed by atoms with van der Waals surface area (Å²) in [6.07, 6.45) is 2.78. The smallest absolute Gasteiger partial charge is 0.266 e. The van der Waals surface area contributed by atoms with Gasteiger partial charge in [-0.1, -0.05) is 30.3 Å². The highest BCUT2D eigenvalue weighted by Crippen LogP contribution is 2.34. The Morgan fingerprint density at radius 1 is 0.882 bits per heavy atom. The van der Waals surface area contributed by atoms with Gasteiger partial charge in [0.05, 0.1) is 24.3 Å². The van der Waals surface area contributed by atoms with Crippen molar-refractivity contribution < 1.29 is 38.6 Å². The van der Waals surface area contributed by atoms with E-state index in [4.69, 9.17) is 15.2 Å². The molecule has 6 rings (SSSR count). The third-order valence-electron chi connectivity index (χ3n) is 8.62. The van der Waals surface area contributed by atoms with E-state index in [9.17, 15) is 29.1 Å². The van der Waals surface area contributed by atoms with Gasteiger partial charge in [0.1, 0.15) is 23.2 Å². The molecule has 14 nitrogen and oxygen atoms in total. The van der Waals surface area contributed by atoms with Gasteiger partial charge in [-0.25, -0.2) is 0 Å². The van der Waals surface area contributed by atoms with Gasteiger partial charge in [-0.15, -0.1) is 10.2 Å². The predicted molar refractivity (Wildman–Crippen MR) is 184 cm³/mol. The zero-order chi connectivity index (χ0) is 35.9. The summed E-state index contributed by atoms with van der Waals surface area (Å²) >= 11 is 0. The highest BCUT2D eigenvalue weighted by molar-refractivity contribution is 6.24. The van der Waals surface area contributed by atoms with Crippen molar-refractivity contribution in [1.29, 1.82) is 0 Å². The van der Waals surface area contributed by atoms with E-state index in [0.29, 0.717) is 55.0 Å². The summed E-state index contributed by atoms with van der Waals surface area (Å²) in [5.41, 5.74) is 8.68. The van der Waals surface area contributed by atoms with Crippen LogP contribution in [-0.4, -0.2) is 75.5 Å². The van der Waals surface area contributed by atoms with Gasteiger partial charge in [0.15, 0.2) is 11.6 Å². The van der Waals surface area contributed by atoms with Gasteiger partial charge in [-0.05, 0) is 67.6 Å². The SMILES string of the molecule is Nc1nnc(-c2ccccc2O)cc1OCCc1ccc(C(=O)NCCCCCOc2cccc3c2C(=O)N(C2CCC(=O)NC2=O)C3=O)cc1. The fourth-order valence-electron chi connectivity index (χ4n) is 5.92. The molecule has 3 heterocycles. The Hall–Kier alpha value is -6.31. The van der Waals surface area contributed by atoms with Crippen molar-refractivity contribution in [3.05, 3.63) is 95.1 Å². The van der Waals surface area contributed by atoms with E-state index in [-0.39, 0.29) is 53.8 Å². The summed E-state index contributed by atoms with van der Waals surface area (Å²) in [6, 6.07) is 19.4. The van der Waals surface area contributed by atoms with Gasteiger partial charge < -0.3 is 25.6 Å². The second kappa shape index (κ2) is 15.5. The van der Waals surface area contributed by atoms with Crippen molar-refractivity contribution in [2.45, 2.75) is 44.6 Å². The molecule has 5 N–H and O–H groups in total. The Labute approximate surface area is 293 Å². The number of anilines is 1. The lowest BCUT2D eigenvalue weighted by Gasteiger charge is -2.27. The molecule has 51 heavy (non-hydrogen) atoms. The largest absolute Gasteiger partial charge is 0.507 e. The lowest BCUT2D eigenvalue weighted by Crippen LogP contribution is -2.54. The monoisotopic (exact) mass is 692 g/mol. The quantitative estimate of drug-likeness (QED) is 0.111. The number of nitrogens with two attached hydrogens (primary N) is 1. The topological polar surface area (TPSA) is 203 Å². The molecular weight excluding hydrogens is 656 g/mol. The van der Waals surface area contributed by atoms with Crippen LogP contribution in [0.25, 0.3) is 11.3 Å². The number of phenolic OH excluding ortho intramolecular Hbond substituents is 1. The number of para-hydroxylation sites is 1. The number of nitrogen functional groups attached to an aromatic ring is 1. The molecule has 1 fully saturated rings. The lowest BCUT2D eigenvalue weighted by atomic mass is 10.0. The molecular formula is C37H36N6O8. The number of carbonyl (C=O) groups is 5. The number of nitrogens with zero attached hydrogens (tertiary/aromatic N) is 3. The number of fused-ring (bicyclic) bond motifs is 1. The first-order chi connectivity index (χ1) is 24.7. The zero-order valence-corrected chi connectivity index (χ0v) is 27.6. The van der Waals surface area contributed by atoms with Crippen LogP contribution < -0.4 is 25.8 Å².